The van der Waals surface area contributed by atoms with Gasteiger partial charge in [0.15, 0.2) is 0 Å². The first-order valence-electron chi connectivity index (χ1n) is 9.72. The zero-order valence-corrected chi connectivity index (χ0v) is 17.0. The van der Waals surface area contributed by atoms with Gasteiger partial charge in [0.1, 0.15) is 12.7 Å². The quantitative estimate of drug-likeness (QED) is 0.495. The molecule has 0 aliphatic rings. The van der Waals surface area contributed by atoms with Crippen LogP contribution in [0.2, 0.25) is 0 Å². The molecule has 2 aromatic carbocycles. The predicted octanol–water partition coefficient (Wildman–Crippen LogP) is 3.77. The first-order valence-corrected chi connectivity index (χ1v) is 9.72. The van der Waals surface area contributed by atoms with Crippen molar-refractivity contribution in [2.24, 2.45) is 0 Å². The summed E-state index contributed by atoms with van der Waals surface area (Å²) in [4.78, 5) is 16.6. The maximum absolute atomic E-state index is 13.0. The lowest BCUT2D eigenvalue weighted by Gasteiger charge is -2.10. The van der Waals surface area contributed by atoms with Gasteiger partial charge in [-0.3, -0.25) is 4.79 Å². The molecule has 7 nitrogen and oxygen atoms in total. The van der Waals surface area contributed by atoms with Crippen LogP contribution in [-0.2, 0) is 19.3 Å². The summed E-state index contributed by atoms with van der Waals surface area (Å²) in [6, 6.07) is 12.5. The van der Waals surface area contributed by atoms with Crippen molar-refractivity contribution in [3.8, 4) is 5.69 Å². The van der Waals surface area contributed by atoms with Crippen molar-refractivity contribution < 1.29 is 18.0 Å². The second-order valence-corrected chi connectivity index (χ2v) is 7.20. The number of carbonyl (C=O) groups is 1. The Morgan fingerprint density at radius 1 is 1.06 bits per heavy atom. The molecule has 0 atom stereocenters. The van der Waals surface area contributed by atoms with E-state index in [-0.39, 0.29) is 18.1 Å². The summed E-state index contributed by atoms with van der Waals surface area (Å²) in [6.45, 7) is 2.49. The van der Waals surface area contributed by atoms with Crippen LogP contribution in [0, 0.1) is 6.92 Å². The maximum Gasteiger partial charge on any atom is 0.416 e. The van der Waals surface area contributed by atoms with Crippen molar-refractivity contribution in [1.82, 2.24) is 29.9 Å². The highest BCUT2D eigenvalue weighted by Gasteiger charge is 2.30. The van der Waals surface area contributed by atoms with Gasteiger partial charge in [-0.1, -0.05) is 30.3 Å². The number of rotatable bonds is 6. The van der Waals surface area contributed by atoms with E-state index in [0.717, 1.165) is 23.3 Å². The van der Waals surface area contributed by atoms with Crippen LogP contribution < -0.4 is 5.32 Å². The standard InChI is InChI=1S/C22H19F3N6O/c1-15-20(11-28-31(15)19-7-3-6-18(9-19)22(23,24)25)21(32)27-10-16-4-2-5-17(8-16)12-30-14-26-13-29-30/h2-9,11,13-14H,10,12H2,1H3,(H,27,32). The Bertz CT molecular complexity index is 1230. The van der Waals surface area contributed by atoms with Crippen molar-refractivity contribution in [2.45, 2.75) is 26.2 Å². The fourth-order valence-electron chi connectivity index (χ4n) is 3.32. The largest absolute Gasteiger partial charge is 0.416 e. The molecule has 32 heavy (non-hydrogen) atoms. The Kier molecular flexibility index (Phi) is 5.76. The minimum absolute atomic E-state index is 0.234. The van der Waals surface area contributed by atoms with Crippen LogP contribution in [0.4, 0.5) is 13.2 Å². The highest BCUT2D eigenvalue weighted by molar-refractivity contribution is 5.95. The summed E-state index contributed by atoms with van der Waals surface area (Å²) in [5, 5.41) is 11.0. The van der Waals surface area contributed by atoms with Crippen molar-refractivity contribution in [3.05, 3.63) is 95.3 Å². The Morgan fingerprint density at radius 3 is 2.59 bits per heavy atom. The van der Waals surface area contributed by atoms with Gasteiger partial charge in [-0.25, -0.2) is 14.3 Å². The van der Waals surface area contributed by atoms with E-state index >= 15 is 0 Å². The highest BCUT2D eigenvalue weighted by atomic mass is 19.4. The van der Waals surface area contributed by atoms with Gasteiger partial charge in [0.25, 0.3) is 5.91 Å². The van der Waals surface area contributed by atoms with Crippen LogP contribution in [0.5, 0.6) is 0 Å². The number of carbonyl (C=O) groups excluding carboxylic acids is 1. The normalized spacial score (nSPS) is 11.5. The molecule has 2 aromatic heterocycles. The van der Waals surface area contributed by atoms with Gasteiger partial charge in [0.2, 0.25) is 0 Å². The molecule has 1 amide bonds. The van der Waals surface area contributed by atoms with Gasteiger partial charge in [0, 0.05) is 6.54 Å². The van der Waals surface area contributed by atoms with Crippen molar-refractivity contribution in [1.29, 1.82) is 0 Å². The van der Waals surface area contributed by atoms with E-state index < -0.39 is 11.7 Å². The number of hydrogen-bond donors (Lipinski definition) is 1. The Balaban J connectivity index is 1.46. The number of nitrogens with zero attached hydrogens (tertiary/aromatic N) is 5. The molecule has 10 heteroatoms. The van der Waals surface area contributed by atoms with Crippen LogP contribution in [-0.4, -0.2) is 30.5 Å². The Hall–Kier alpha value is -3.95. The second kappa shape index (κ2) is 8.66. The number of hydrogen-bond acceptors (Lipinski definition) is 4. The lowest BCUT2D eigenvalue weighted by molar-refractivity contribution is -0.137. The van der Waals surface area contributed by atoms with Crippen LogP contribution in [0.3, 0.4) is 0 Å². The van der Waals surface area contributed by atoms with Crippen molar-refractivity contribution in [3.63, 3.8) is 0 Å². The number of amides is 1. The molecule has 0 aliphatic carbocycles. The van der Waals surface area contributed by atoms with Gasteiger partial charge in [-0.2, -0.15) is 23.4 Å². The lowest BCUT2D eigenvalue weighted by Crippen LogP contribution is -2.23. The Labute approximate surface area is 181 Å². The smallest absolute Gasteiger partial charge is 0.348 e. The molecule has 164 valence electrons. The van der Waals surface area contributed by atoms with Gasteiger partial charge in [0.05, 0.1) is 35.2 Å². The second-order valence-electron chi connectivity index (χ2n) is 7.20. The topological polar surface area (TPSA) is 77.6 Å². The van der Waals surface area contributed by atoms with Crippen LogP contribution in [0.15, 0.2) is 67.4 Å². The van der Waals surface area contributed by atoms with E-state index in [1.54, 1.807) is 17.9 Å². The molecular formula is C22H19F3N6O. The minimum atomic E-state index is -4.46. The average Bonchev–Trinajstić information content (AvgIpc) is 3.41. The molecule has 2 heterocycles. The molecule has 0 saturated heterocycles. The summed E-state index contributed by atoms with van der Waals surface area (Å²) < 4.78 is 42.1. The summed E-state index contributed by atoms with van der Waals surface area (Å²) in [7, 11) is 0. The molecule has 0 radical (unpaired) electrons. The van der Waals surface area contributed by atoms with E-state index in [1.165, 1.54) is 29.3 Å². The van der Waals surface area contributed by atoms with Crippen LogP contribution in [0.1, 0.15) is 32.7 Å². The Morgan fingerprint density at radius 2 is 1.84 bits per heavy atom. The fourth-order valence-corrected chi connectivity index (χ4v) is 3.32. The number of nitrogens with one attached hydrogen (secondary N) is 1. The molecule has 0 bridgehead atoms. The fraction of sp³-hybridized carbons (Fsp3) is 0.182. The SMILES string of the molecule is Cc1c(C(=O)NCc2cccc(Cn3cncn3)c2)cnn1-c1cccc(C(F)(F)F)c1. The van der Waals surface area contributed by atoms with Crippen molar-refractivity contribution in [2.75, 3.05) is 0 Å². The summed E-state index contributed by atoms with van der Waals surface area (Å²) in [5.74, 6) is -0.359. The molecular weight excluding hydrogens is 421 g/mol. The molecule has 4 rings (SSSR count). The zero-order valence-electron chi connectivity index (χ0n) is 17.0. The molecule has 0 saturated carbocycles. The molecule has 1 N–H and O–H groups in total. The van der Waals surface area contributed by atoms with Gasteiger partial charge >= 0.3 is 6.18 Å². The summed E-state index contributed by atoms with van der Waals surface area (Å²) >= 11 is 0. The average molecular weight is 440 g/mol. The minimum Gasteiger partial charge on any atom is -0.348 e. The predicted molar refractivity (Wildman–Crippen MR) is 110 cm³/mol. The van der Waals surface area contributed by atoms with Crippen LogP contribution in [0.25, 0.3) is 5.69 Å². The zero-order chi connectivity index (χ0) is 22.7. The number of halogens is 3. The van der Waals surface area contributed by atoms with E-state index in [4.69, 9.17) is 0 Å². The molecule has 0 spiro atoms. The third kappa shape index (κ3) is 4.69. The van der Waals surface area contributed by atoms with E-state index in [2.05, 4.69) is 20.5 Å². The first-order chi connectivity index (χ1) is 15.3. The highest BCUT2D eigenvalue weighted by Crippen LogP contribution is 2.30. The van der Waals surface area contributed by atoms with E-state index in [0.29, 0.717) is 17.8 Å². The summed E-state index contributed by atoms with van der Waals surface area (Å²) in [5.41, 5.74) is 2.11. The molecule has 0 unspecified atom stereocenters. The third-order valence-electron chi connectivity index (χ3n) is 4.93. The third-order valence-corrected chi connectivity index (χ3v) is 4.93. The van der Waals surface area contributed by atoms with E-state index in [9.17, 15) is 18.0 Å². The molecule has 4 aromatic rings. The van der Waals surface area contributed by atoms with Crippen LogP contribution >= 0.6 is 0 Å². The number of aromatic nitrogens is 5. The number of alkyl halides is 3. The maximum atomic E-state index is 13.0. The monoisotopic (exact) mass is 440 g/mol. The number of benzene rings is 2. The molecule has 0 fully saturated rings. The first kappa shape index (κ1) is 21.3. The lowest BCUT2D eigenvalue weighted by atomic mass is 10.1. The molecule has 0 aliphatic heterocycles. The van der Waals surface area contributed by atoms with E-state index in [1.807, 2.05) is 24.3 Å². The summed E-state index contributed by atoms with van der Waals surface area (Å²) in [6.07, 6.45) is -0.0168. The van der Waals surface area contributed by atoms with Gasteiger partial charge in [-0.15, -0.1) is 0 Å². The van der Waals surface area contributed by atoms with Crippen molar-refractivity contribution >= 4 is 5.91 Å². The van der Waals surface area contributed by atoms with Gasteiger partial charge in [-0.05, 0) is 36.2 Å². The van der Waals surface area contributed by atoms with Gasteiger partial charge < -0.3 is 5.32 Å².